The van der Waals surface area contributed by atoms with Crippen LogP contribution in [-0.4, -0.2) is 159 Å². The third-order valence-electron chi connectivity index (χ3n) is 15.1. The highest BCUT2D eigenvalue weighted by Crippen LogP contribution is 2.37. The van der Waals surface area contributed by atoms with Crippen molar-refractivity contribution in [2.24, 2.45) is 17.8 Å². The molecule has 1 spiro atoms. The van der Waals surface area contributed by atoms with E-state index in [9.17, 15) is 18.0 Å². The maximum Gasteiger partial charge on any atom is 0.410 e. The first-order valence-electron chi connectivity index (χ1n) is 26.9. The molecule has 7 aromatic heterocycles. The molecule has 0 unspecified atom stereocenters. The van der Waals surface area contributed by atoms with Crippen molar-refractivity contribution in [1.29, 1.82) is 0 Å². The third kappa shape index (κ3) is 14.9. The molecule has 5 fully saturated rings. The van der Waals surface area contributed by atoms with Gasteiger partial charge in [-0.15, -0.1) is 0 Å². The van der Waals surface area contributed by atoms with E-state index in [0.717, 1.165) is 118 Å². The molecule has 0 saturated carbocycles. The van der Waals surface area contributed by atoms with Crippen LogP contribution in [0.1, 0.15) is 43.5 Å². The lowest BCUT2D eigenvalue weighted by atomic mass is 9.88. The second-order valence-electron chi connectivity index (χ2n) is 21.2. The zero-order valence-corrected chi connectivity index (χ0v) is 47.5. The Bertz CT molecular complexity index is 3340. The Labute approximate surface area is 473 Å². The largest absolute Gasteiger partial charge is 0.441 e. The molecule has 0 radical (unpaired) electrons. The summed E-state index contributed by atoms with van der Waals surface area (Å²) in [6.07, 6.45) is 26.1. The number of piperidine rings is 3. The molecule has 10 N–H and O–H groups in total. The van der Waals surface area contributed by atoms with Crippen molar-refractivity contribution in [2.45, 2.75) is 51.6 Å². The van der Waals surface area contributed by atoms with E-state index in [1.54, 1.807) is 89.5 Å². The molecular formula is C56H75N19O5S. The van der Waals surface area contributed by atoms with Gasteiger partial charge in [-0.1, -0.05) is 0 Å². The van der Waals surface area contributed by atoms with Gasteiger partial charge in [0.05, 0.1) is 112 Å². The number of sulfone groups is 1. The van der Waals surface area contributed by atoms with E-state index in [0.29, 0.717) is 46.7 Å². The second kappa shape index (κ2) is 26.0. The highest BCUT2D eigenvalue weighted by Gasteiger charge is 2.46. The Morgan fingerprint density at radius 3 is 1.52 bits per heavy atom. The van der Waals surface area contributed by atoms with Crippen molar-refractivity contribution in [1.82, 2.24) is 54.3 Å². The first kappa shape index (κ1) is 58.4. The van der Waals surface area contributed by atoms with E-state index in [4.69, 9.17) is 33.4 Å². The van der Waals surface area contributed by atoms with Crippen LogP contribution in [0.15, 0.2) is 117 Å². The normalized spacial score (nSPS) is 18.5. The number of likely N-dealkylation sites (tertiary alicyclic amines) is 1. The number of likely N-dealkylation sites (N-methyl/N-ethyl adjacent to an activating group) is 1. The fraction of sp³-hybridized carbons (Fsp3) is 0.411. The minimum absolute atomic E-state index is 0.135. The van der Waals surface area contributed by atoms with Crippen LogP contribution in [0, 0.1) is 31.6 Å². The van der Waals surface area contributed by atoms with E-state index in [-0.39, 0.29) is 29.4 Å². The van der Waals surface area contributed by atoms with Gasteiger partial charge in [-0.2, -0.15) is 10.2 Å². The predicted molar refractivity (Wildman–Crippen MR) is 316 cm³/mol. The highest BCUT2D eigenvalue weighted by molar-refractivity contribution is 7.90. The molecule has 12 rings (SSSR count). The van der Waals surface area contributed by atoms with Gasteiger partial charge in [0.15, 0.2) is 0 Å². The molecule has 2 amide bonds. The quantitative estimate of drug-likeness (QED) is 0.142. The molecule has 5 aliphatic heterocycles. The summed E-state index contributed by atoms with van der Waals surface area (Å²) >= 11 is 0. The summed E-state index contributed by atoms with van der Waals surface area (Å²) in [5.41, 5.74) is 39.1. The van der Waals surface area contributed by atoms with Gasteiger partial charge in [0, 0.05) is 128 Å². The monoisotopic (exact) mass is 1130 g/mol. The second-order valence-corrected chi connectivity index (χ2v) is 23.4. The summed E-state index contributed by atoms with van der Waals surface area (Å²) in [5, 5.41) is 8.41. The number of rotatable bonds is 7. The number of nitrogens with two attached hydrogens (primary N) is 5. The van der Waals surface area contributed by atoms with Gasteiger partial charge >= 0.3 is 6.09 Å². The van der Waals surface area contributed by atoms with E-state index in [1.807, 2.05) is 74.5 Å². The zero-order chi connectivity index (χ0) is 57.8. The number of amides is 2. The predicted octanol–water partition coefficient (Wildman–Crippen LogP) is 4.90. The number of carbonyl (C=O) groups is 2. The van der Waals surface area contributed by atoms with Crippen LogP contribution in [0.2, 0.25) is 0 Å². The fourth-order valence-corrected chi connectivity index (χ4v) is 12.0. The number of carbonyl (C=O) groups excluding carboxylic acids is 2. The summed E-state index contributed by atoms with van der Waals surface area (Å²) in [6, 6.07) is 13.3. The molecule has 24 nitrogen and oxygen atoms in total. The van der Waals surface area contributed by atoms with Crippen LogP contribution in [0.4, 0.5) is 50.3 Å². The third-order valence-corrected chi connectivity index (χ3v) is 16.2. The Hall–Kier alpha value is -8.74. The van der Waals surface area contributed by atoms with Crippen molar-refractivity contribution in [3.63, 3.8) is 0 Å². The van der Waals surface area contributed by atoms with E-state index in [1.165, 1.54) is 6.26 Å². The number of ether oxygens (including phenoxy) is 1. The standard InChI is InChI=1S/C13H18N4O2.C13H18N4O.C12H19N3O2S.2C9H10N4/c1-16-9-13(19-12(16)18)3-6-17(7-4-13)11-2-5-15-8-10(11)14;1-16-7-9-3-5-17(8-10(9)13(16)18)12-2-4-15-6-11(12)14;1-18(16,17)9-10-3-6-15(7-4-10)12-2-5-14-8-11(12)13;1-7-2-5-12-13(7)9-3-4-11-6-8(9)10;1-7-3-5-13(12-7)9-2-4-11-6-8(9)10/h2,5,8H,3-4,6-7,9,14H2,1H3;2,4,6,9-10H,3,5,7-8,14H2,1H3;2,5,8,10H,3-4,6-7,9,13H2,1H3;2*2-6H,10H2,1H3/t;9-,10-;;;/m.0.../s1. The Morgan fingerprint density at radius 1 is 0.593 bits per heavy atom. The smallest absolute Gasteiger partial charge is 0.410 e. The molecule has 5 aliphatic rings. The van der Waals surface area contributed by atoms with Gasteiger partial charge in [-0.05, 0) is 87.4 Å². The highest BCUT2D eigenvalue weighted by atomic mass is 32.2. The van der Waals surface area contributed by atoms with E-state index >= 15 is 0 Å². The van der Waals surface area contributed by atoms with Crippen LogP contribution < -0.4 is 43.4 Å². The number of aromatic nitrogens is 9. The maximum atomic E-state index is 12.1. The Balaban J connectivity index is 0.000000134. The van der Waals surface area contributed by atoms with Gasteiger partial charge in [-0.25, -0.2) is 22.6 Å². The van der Waals surface area contributed by atoms with Crippen molar-refractivity contribution in [3.05, 3.63) is 128 Å². The number of pyridine rings is 5. The summed E-state index contributed by atoms with van der Waals surface area (Å²) in [4.78, 5) is 53.5. The zero-order valence-electron chi connectivity index (χ0n) is 46.7. The van der Waals surface area contributed by atoms with Crippen LogP contribution >= 0.6 is 0 Å². The molecule has 0 aromatic carbocycles. The number of aryl methyl sites for hydroxylation is 2. The number of nitrogen functional groups attached to an aromatic ring is 5. The Morgan fingerprint density at radius 2 is 1.07 bits per heavy atom. The molecule has 7 aromatic rings. The maximum absolute atomic E-state index is 12.1. The first-order valence-corrected chi connectivity index (χ1v) is 29.0. The minimum Gasteiger partial charge on any atom is -0.441 e. The lowest BCUT2D eigenvalue weighted by Crippen LogP contribution is -2.46. The molecular weight excluding hydrogens is 1050 g/mol. The van der Waals surface area contributed by atoms with Crippen LogP contribution in [-0.2, 0) is 19.4 Å². The van der Waals surface area contributed by atoms with Gasteiger partial charge < -0.3 is 57.9 Å². The molecule has 12 heterocycles. The van der Waals surface area contributed by atoms with Gasteiger partial charge in [0.2, 0.25) is 5.91 Å². The summed E-state index contributed by atoms with van der Waals surface area (Å²) < 4.78 is 31.6. The van der Waals surface area contributed by atoms with Gasteiger partial charge in [-0.3, -0.25) is 29.7 Å². The van der Waals surface area contributed by atoms with Crippen molar-refractivity contribution in [2.75, 3.05) is 122 Å². The molecule has 81 heavy (non-hydrogen) atoms. The number of anilines is 8. The number of hydrogen-bond acceptors (Lipinski definition) is 20. The molecule has 430 valence electrons. The molecule has 0 bridgehead atoms. The number of fused-ring (bicyclic) bond motifs is 1. The summed E-state index contributed by atoms with van der Waals surface area (Å²) in [7, 11) is 0.809. The van der Waals surface area contributed by atoms with Crippen LogP contribution in [0.5, 0.6) is 0 Å². The van der Waals surface area contributed by atoms with E-state index in [2.05, 4.69) is 49.8 Å². The first-order chi connectivity index (χ1) is 38.8. The topological polar surface area (TPSA) is 324 Å². The molecule has 0 aliphatic carbocycles. The van der Waals surface area contributed by atoms with Crippen molar-refractivity contribution >= 4 is 67.3 Å². The summed E-state index contributed by atoms with van der Waals surface area (Å²) in [5.74, 6) is 1.50. The number of nitrogens with zero attached hydrogens (tertiary/aromatic N) is 14. The summed E-state index contributed by atoms with van der Waals surface area (Å²) in [6.45, 7) is 10.7. The van der Waals surface area contributed by atoms with Crippen molar-refractivity contribution < 1.29 is 22.7 Å². The average molecular weight is 1130 g/mol. The number of hydrogen-bond donors (Lipinski definition) is 5. The van der Waals surface area contributed by atoms with Crippen molar-refractivity contribution in [3.8, 4) is 11.4 Å². The Kier molecular flexibility index (Phi) is 18.8. The van der Waals surface area contributed by atoms with E-state index < -0.39 is 9.84 Å². The lowest BCUT2D eigenvalue weighted by Gasteiger charge is -2.38. The molecule has 25 heteroatoms. The van der Waals surface area contributed by atoms with Crippen LogP contribution in [0.25, 0.3) is 11.4 Å². The average Bonchev–Trinajstić information content (AvgIpc) is 4.39. The van der Waals surface area contributed by atoms with Crippen LogP contribution in [0.3, 0.4) is 0 Å². The lowest BCUT2D eigenvalue weighted by molar-refractivity contribution is -0.130. The van der Waals surface area contributed by atoms with Gasteiger partial charge in [0.1, 0.15) is 15.4 Å². The SMILES string of the molecule is CN1CC2(CCN(c3ccncc3N)CC2)OC1=O.CN1C[C@@H]2CCN(c3ccncc3N)C[C@@H]2C1=O.CS(=O)(=O)CC1CCN(c2ccncc2N)CC1.Cc1ccn(-c2ccncc2N)n1.Cc1ccnn1-c1ccncc1N. The van der Waals surface area contributed by atoms with Gasteiger partial charge in [0.25, 0.3) is 0 Å². The molecule has 2 atom stereocenters. The fourth-order valence-electron chi connectivity index (χ4n) is 10.9. The molecule has 5 saturated heterocycles. The minimum atomic E-state index is -2.87.